The molecule has 3 nitrogen and oxygen atoms in total. The smallest absolute Gasteiger partial charge is 0.416 e. The second-order valence-electron chi connectivity index (χ2n) is 7.73. The molecule has 1 heterocycles. The number of hydrogen-bond acceptors (Lipinski definition) is 3. The normalized spacial score (nSPS) is 11.5. The molecule has 0 aliphatic heterocycles. The molecule has 0 amide bonds. The Kier molecular flexibility index (Phi) is 7.61. The number of carboxylic acid groups (broad SMARTS) is 1. The minimum Gasteiger partial charge on any atom is -0.494 e. The van der Waals surface area contributed by atoms with E-state index >= 15 is 0 Å². The first-order valence-corrected chi connectivity index (χ1v) is 11.2. The number of thiophene rings is 1. The van der Waals surface area contributed by atoms with Crippen LogP contribution in [0.5, 0.6) is 5.75 Å². The number of hydrogen-bond donors (Lipinski definition) is 1. The van der Waals surface area contributed by atoms with Crippen molar-refractivity contribution in [1.82, 2.24) is 0 Å². The Morgan fingerprint density at radius 2 is 1.72 bits per heavy atom. The summed E-state index contributed by atoms with van der Waals surface area (Å²) in [7, 11) is 0. The average Bonchev–Trinajstić information content (AvgIpc) is 3.10. The fourth-order valence-corrected chi connectivity index (χ4v) is 4.66. The highest BCUT2D eigenvalue weighted by atomic mass is 32.1. The predicted octanol–water partition coefficient (Wildman–Crippen LogP) is 7.08. The van der Waals surface area contributed by atoms with Gasteiger partial charge in [-0.3, -0.25) is 4.79 Å². The number of rotatable bonds is 9. The van der Waals surface area contributed by atoms with Crippen LogP contribution in [0.2, 0.25) is 0 Å². The van der Waals surface area contributed by atoms with Crippen LogP contribution in [-0.4, -0.2) is 17.7 Å². The van der Waals surface area contributed by atoms with Crippen LogP contribution in [0.3, 0.4) is 0 Å². The number of aliphatic carboxylic acids is 1. The lowest BCUT2D eigenvalue weighted by molar-refractivity contribution is -0.138. The van der Waals surface area contributed by atoms with E-state index in [9.17, 15) is 18.0 Å². The maximum Gasteiger partial charge on any atom is 0.416 e. The second kappa shape index (κ2) is 10.2. The first-order chi connectivity index (χ1) is 15.1. The zero-order valence-electron chi connectivity index (χ0n) is 18.0. The molecule has 0 aliphatic rings. The van der Waals surface area contributed by atoms with Crippen molar-refractivity contribution in [3.05, 3.63) is 75.7 Å². The van der Waals surface area contributed by atoms with E-state index in [1.807, 2.05) is 38.1 Å². The monoisotopic (exact) mass is 462 g/mol. The van der Waals surface area contributed by atoms with Crippen LogP contribution >= 0.6 is 11.3 Å². The van der Waals surface area contributed by atoms with Gasteiger partial charge in [0.05, 0.1) is 12.2 Å². The largest absolute Gasteiger partial charge is 0.494 e. The summed E-state index contributed by atoms with van der Waals surface area (Å²) in [6.45, 7) is 4.50. The van der Waals surface area contributed by atoms with Gasteiger partial charge in [0, 0.05) is 16.2 Å². The molecule has 0 saturated heterocycles. The summed E-state index contributed by atoms with van der Waals surface area (Å²) in [4.78, 5) is 12.9. The molecule has 0 spiro atoms. The number of halogens is 3. The fraction of sp³-hybridized carbons (Fsp3) is 0.320. The maximum atomic E-state index is 12.8. The minimum absolute atomic E-state index is 0.107. The topological polar surface area (TPSA) is 46.5 Å². The van der Waals surface area contributed by atoms with Crippen molar-refractivity contribution in [1.29, 1.82) is 0 Å². The van der Waals surface area contributed by atoms with E-state index in [1.165, 1.54) is 17.0 Å². The molecule has 32 heavy (non-hydrogen) atoms. The van der Waals surface area contributed by atoms with Crippen molar-refractivity contribution in [3.8, 4) is 16.2 Å². The molecule has 1 N–H and O–H groups in total. The molecule has 0 fully saturated rings. The summed E-state index contributed by atoms with van der Waals surface area (Å²) in [6, 6.07) is 13.0. The van der Waals surface area contributed by atoms with Gasteiger partial charge >= 0.3 is 12.1 Å². The third-order valence-corrected chi connectivity index (χ3v) is 6.60. The predicted molar refractivity (Wildman–Crippen MR) is 120 cm³/mol. The Balaban J connectivity index is 1.53. The summed E-state index contributed by atoms with van der Waals surface area (Å²) in [5.41, 5.74) is 3.29. The van der Waals surface area contributed by atoms with Crippen LogP contribution in [0.1, 0.15) is 40.0 Å². The van der Waals surface area contributed by atoms with Gasteiger partial charge < -0.3 is 9.84 Å². The van der Waals surface area contributed by atoms with Crippen molar-refractivity contribution in [2.75, 3.05) is 6.61 Å². The summed E-state index contributed by atoms with van der Waals surface area (Å²) >= 11 is 1.60. The lowest BCUT2D eigenvalue weighted by Crippen LogP contribution is -2.03. The molecular weight excluding hydrogens is 437 g/mol. The van der Waals surface area contributed by atoms with Crippen LogP contribution < -0.4 is 4.74 Å². The Morgan fingerprint density at radius 1 is 1.00 bits per heavy atom. The Labute approximate surface area is 189 Å². The molecule has 170 valence electrons. The van der Waals surface area contributed by atoms with Gasteiger partial charge in [0.2, 0.25) is 0 Å². The van der Waals surface area contributed by atoms with Crippen LogP contribution in [0.4, 0.5) is 13.2 Å². The van der Waals surface area contributed by atoms with Gasteiger partial charge in [-0.2, -0.15) is 13.2 Å². The summed E-state index contributed by atoms with van der Waals surface area (Å²) < 4.78 is 44.1. The Hall–Kier alpha value is -2.80. The highest BCUT2D eigenvalue weighted by Crippen LogP contribution is 2.35. The summed E-state index contributed by atoms with van der Waals surface area (Å²) in [5.74, 6) is -0.0509. The van der Waals surface area contributed by atoms with E-state index in [0.29, 0.717) is 13.0 Å². The molecule has 7 heteroatoms. The van der Waals surface area contributed by atoms with E-state index in [2.05, 4.69) is 0 Å². The zero-order chi connectivity index (χ0) is 23.3. The minimum atomic E-state index is -4.33. The van der Waals surface area contributed by atoms with Gasteiger partial charge in [-0.15, -0.1) is 11.3 Å². The van der Waals surface area contributed by atoms with E-state index in [4.69, 9.17) is 9.84 Å². The molecule has 0 bridgehead atoms. The van der Waals surface area contributed by atoms with Crippen molar-refractivity contribution in [3.63, 3.8) is 0 Å². The number of aryl methyl sites for hydroxylation is 4. The van der Waals surface area contributed by atoms with Crippen molar-refractivity contribution in [2.45, 2.75) is 45.7 Å². The summed E-state index contributed by atoms with van der Waals surface area (Å²) in [6.07, 6.45) is -2.08. The molecule has 0 atom stereocenters. The number of alkyl halides is 3. The van der Waals surface area contributed by atoms with E-state index in [1.54, 1.807) is 11.3 Å². The SMILES string of the molecule is Cc1cc(OCCCc2sc(-c3ccc(C(F)(F)F)cc3)cc2C)ccc1CCC(=O)O. The van der Waals surface area contributed by atoms with Gasteiger partial charge in [0.1, 0.15) is 5.75 Å². The average molecular weight is 463 g/mol. The van der Waals surface area contributed by atoms with Crippen LogP contribution in [0.15, 0.2) is 48.5 Å². The van der Waals surface area contributed by atoms with Gasteiger partial charge in [-0.1, -0.05) is 18.2 Å². The molecule has 3 rings (SSSR count). The summed E-state index contributed by atoms with van der Waals surface area (Å²) in [5, 5.41) is 8.82. The van der Waals surface area contributed by atoms with E-state index in [0.717, 1.165) is 57.9 Å². The highest BCUT2D eigenvalue weighted by molar-refractivity contribution is 7.15. The van der Waals surface area contributed by atoms with Gasteiger partial charge in [0.25, 0.3) is 0 Å². The van der Waals surface area contributed by atoms with Crippen LogP contribution in [0, 0.1) is 13.8 Å². The lowest BCUT2D eigenvalue weighted by Gasteiger charge is -2.10. The number of carbonyl (C=O) groups is 1. The molecule has 0 saturated carbocycles. The van der Waals surface area contributed by atoms with Crippen molar-refractivity contribution in [2.24, 2.45) is 0 Å². The van der Waals surface area contributed by atoms with Gasteiger partial charge in [-0.25, -0.2) is 0 Å². The molecule has 0 aliphatic carbocycles. The third kappa shape index (κ3) is 6.36. The van der Waals surface area contributed by atoms with Crippen molar-refractivity contribution < 1.29 is 27.8 Å². The molecule has 0 radical (unpaired) electrons. The Bertz CT molecular complexity index is 1070. The van der Waals surface area contributed by atoms with Gasteiger partial charge in [-0.05, 0) is 85.7 Å². The molecule has 3 aromatic rings. The number of benzene rings is 2. The van der Waals surface area contributed by atoms with Crippen LogP contribution in [-0.2, 0) is 23.8 Å². The van der Waals surface area contributed by atoms with Crippen LogP contribution in [0.25, 0.3) is 10.4 Å². The molecule has 0 unspecified atom stereocenters. The zero-order valence-corrected chi connectivity index (χ0v) is 18.8. The van der Waals surface area contributed by atoms with Gasteiger partial charge in [0.15, 0.2) is 0 Å². The maximum absolute atomic E-state index is 12.8. The fourth-order valence-electron chi connectivity index (χ4n) is 3.44. The number of ether oxygens (including phenoxy) is 1. The third-order valence-electron chi connectivity index (χ3n) is 5.26. The number of carboxylic acids is 1. The van der Waals surface area contributed by atoms with E-state index in [-0.39, 0.29) is 6.42 Å². The second-order valence-corrected chi connectivity index (χ2v) is 8.86. The van der Waals surface area contributed by atoms with Crippen molar-refractivity contribution >= 4 is 17.3 Å². The lowest BCUT2D eigenvalue weighted by atomic mass is 10.0. The van der Waals surface area contributed by atoms with E-state index < -0.39 is 17.7 Å². The first-order valence-electron chi connectivity index (χ1n) is 10.3. The highest BCUT2D eigenvalue weighted by Gasteiger charge is 2.30. The molecule has 2 aromatic carbocycles. The molecular formula is C25H25F3O3S. The quantitative estimate of drug-likeness (QED) is 0.346. The Morgan fingerprint density at radius 3 is 2.34 bits per heavy atom. The standard InChI is InChI=1S/C25H25F3O3S/c1-16-14-21(11-7-18(16)8-12-24(29)30)31-13-3-4-22-17(2)15-23(32-22)19-5-9-20(10-6-19)25(26,27)28/h5-7,9-11,14-15H,3-4,8,12-13H2,1-2H3,(H,29,30). The first kappa shape index (κ1) is 23.9. The molecule has 1 aromatic heterocycles.